The van der Waals surface area contributed by atoms with Crippen LogP contribution in [0.25, 0.3) is 10.9 Å². The minimum absolute atomic E-state index is 0.854. The Kier molecular flexibility index (Phi) is 12.3. The minimum atomic E-state index is 0.854. The van der Waals surface area contributed by atoms with E-state index in [4.69, 9.17) is 4.74 Å². The SMILES string of the molecule is CCN(CC)CCCCCCCCCCCCNc1ccnc2cc(OC)ccc12. The molecule has 0 unspecified atom stereocenters. The van der Waals surface area contributed by atoms with E-state index in [1.807, 2.05) is 18.3 Å². The summed E-state index contributed by atoms with van der Waals surface area (Å²) in [5, 5.41) is 4.75. The molecule has 0 amide bonds. The van der Waals surface area contributed by atoms with Gasteiger partial charge >= 0.3 is 0 Å². The summed E-state index contributed by atoms with van der Waals surface area (Å²) in [7, 11) is 1.69. The quantitative estimate of drug-likeness (QED) is 0.286. The molecule has 4 nitrogen and oxygen atoms in total. The fourth-order valence-electron chi connectivity index (χ4n) is 4.05. The molecule has 2 rings (SSSR count). The number of benzene rings is 1. The van der Waals surface area contributed by atoms with Crippen molar-refractivity contribution < 1.29 is 4.74 Å². The lowest BCUT2D eigenvalue weighted by atomic mass is 10.1. The average Bonchev–Trinajstić information content (AvgIpc) is 2.79. The molecule has 1 heterocycles. The number of aromatic nitrogens is 1. The van der Waals surface area contributed by atoms with Crippen LogP contribution in [0.3, 0.4) is 0 Å². The van der Waals surface area contributed by atoms with Gasteiger partial charge in [-0.25, -0.2) is 0 Å². The molecular formula is C26H43N3O. The zero-order chi connectivity index (χ0) is 21.4. The van der Waals surface area contributed by atoms with Gasteiger partial charge in [-0.15, -0.1) is 0 Å². The van der Waals surface area contributed by atoms with Gasteiger partial charge in [-0.05, 0) is 50.7 Å². The molecule has 0 radical (unpaired) electrons. The monoisotopic (exact) mass is 413 g/mol. The van der Waals surface area contributed by atoms with E-state index in [1.165, 1.54) is 89.5 Å². The number of pyridine rings is 1. The summed E-state index contributed by atoms with van der Waals surface area (Å²) in [5.41, 5.74) is 2.15. The number of hydrogen-bond donors (Lipinski definition) is 1. The Labute approximate surface area is 184 Å². The van der Waals surface area contributed by atoms with Crippen LogP contribution in [-0.4, -0.2) is 43.2 Å². The Morgan fingerprint density at radius 3 is 2.10 bits per heavy atom. The van der Waals surface area contributed by atoms with Gasteiger partial charge in [-0.2, -0.15) is 0 Å². The van der Waals surface area contributed by atoms with Crippen LogP contribution in [-0.2, 0) is 0 Å². The first kappa shape index (κ1) is 24.5. The van der Waals surface area contributed by atoms with E-state index >= 15 is 0 Å². The van der Waals surface area contributed by atoms with Gasteiger partial charge in [0.15, 0.2) is 0 Å². The van der Waals surface area contributed by atoms with E-state index in [1.54, 1.807) is 7.11 Å². The Hall–Kier alpha value is -1.81. The summed E-state index contributed by atoms with van der Waals surface area (Å²) in [6.45, 7) is 9.22. The number of nitrogens with zero attached hydrogens (tertiary/aromatic N) is 2. The summed E-state index contributed by atoms with van der Waals surface area (Å²) >= 11 is 0. The van der Waals surface area contributed by atoms with E-state index in [0.29, 0.717) is 0 Å². The maximum absolute atomic E-state index is 5.29. The first-order chi connectivity index (χ1) is 14.8. The standard InChI is InChI=1S/C26H43N3O/c1-4-29(5-2)21-15-13-11-9-7-6-8-10-12-14-19-27-25-18-20-28-26-22-23(30-3)16-17-24(25)26/h16-18,20,22H,4-15,19,21H2,1-3H3,(H,27,28). The molecule has 0 aliphatic rings. The van der Waals surface area contributed by atoms with Gasteiger partial charge in [0.2, 0.25) is 0 Å². The van der Waals surface area contributed by atoms with Crippen LogP contribution in [0.1, 0.15) is 78.1 Å². The van der Waals surface area contributed by atoms with Gasteiger partial charge in [0, 0.05) is 29.9 Å². The number of methoxy groups -OCH3 is 1. The molecule has 1 aromatic carbocycles. The predicted molar refractivity (Wildman–Crippen MR) is 131 cm³/mol. The number of fused-ring (bicyclic) bond motifs is 1. The van der Waals surface area contributed by atoms with Crippen molar-refractivity contribution in [3.63, 3.8) is 0 Å². The average molecular weight is 414 g/mol. The second kappa shape index (κ2) is 15.1. The molecule has 4 heteroatoms. The zero-order valence-corrected chi connectivity index (χ0v) is 19.6. The van der Waals surface area contributed by atoms with Crippen LogP contribution in [0.2, 0.25) is 0 Å². The first-order valence-corrected chi connectivity index (χ1v) is 12.2. The largest absolute Gasteiger partial charge is 0.497 e. The highest BCUT2D eigenvalue weighted by atomic mass is 16.5. The maximum atomic E-state index is 5.29. The number of unbranched alkanes of at least 4 members (excludes halogenated alkanes) is 9. The van der Waals surface area contributed by atoms with Crippen molar-refractivity contribution in [3.05, 3.63) is 30.5 Å². The number of hydrogen-bond acceptors (Lipinski definition) is 4. The summed E-state index contributed by atoms with van der Waals surface area (Å²) in [5.74, 6) is 0.854. The Morgan fingerprint density at radius 2 is 1.47 bits per heavy atom. The molecule has 1 aromatic heterocycles. The van der Waals surface area contributed by atoms with Crippen molar-refractivity contribution in [1.29, 1.82) is 0 Å². The van der Waals surface area contributed by atoms with Crippen LogP contribution in [0, 0.1) is 0 Å². The molecule has 168 valence electrons. The van der Waals surface area contributed by atoms with Crippen LogP contribution < -0.4 is 10.1 Å². The molecule has 0 saturated carbocycles. The summed E-state index contributed by atoms with van der Waals surface area (Å²) in [4.78, 5) is 6.98. The van der Waals surface area contributed by atoms with Crippen molar-refractivity contribution in [3.8, 4) is 5.75 Å². The highest BCUT2D eigenvalue weighted by Gasteiger charge is 2.03. The van der Waals surface area contributed by atoms with Gasteiger partial charge in [0.05, 0.1) is 12.6 Å². The van der Waals surface area contributed by atoms with Crippen molar-refractivity contribution in [1.82, 2.24) is 9.88 Å². The van der Waals surface area contributed by atoms with Crippen LogP contribution in [0.5, 0.6) is 5.75 Å². The number of ether oxygens (including phenoxy) is 1. The van der Waals surface area contributed by atoms with Gasteiger partial charge in [-0.1, -0.05) is 65.2 Å². The van der Waals surface area contributed by atoms with Crippen molar-refractivity contribution in [2.24, 2.45) is 0 Å². The van der Waals surface area contributed by atoms with Gasteiger partial charge in [0.1, 0.15) is 5.75 Å². The van der Waals surface area contributed by atoms with Crippen LogP contribution >= 0.6 is 0 Å². The lowest BCUT2D eigenvalue weighted by molar-refractivity contribution is 0.295. The first-order valence-electron chi connectivity index (χ1n) is 12.2. The molecule has 0 spiro atoms. The fourth-order valence-corrected chi connectivity index (χ4v) is 4.05. The van der Waals surface area contributed by atoms with Crippen molar-refractivity contribution in [2.75, 3.05) is 38.6 Å². The molecule has 0 aliphatic carbocycles. The lowest BCUT2D eigenvalue weighted by Crippen LogP contribution is -2.23. The number of nitrogens with one attached hydrogen (secondary N) is 1. The van der Waals surface area contributed by atoms with Gasteiger partial charge in [0.25, 0.3) is 0 Å². The molecule has 30 heavy (non-hydrogen) atoms. The topological polar surface area (TPSA) is 37.4 Å². The smallest absolute Gasteiger partial charge is 0.121 e. The molecule has 2 aromatic rings. The third-order valence-electron chi connectivity index (χ3n) is 6.06. The molecule has 1 N–H and O–H groups in total. The minimum Gasteiger partial charge on any atom is -0.497 e. The second-order valence-corrected chi connectivity index (χ2v) is 8.23. The second-order valence-electron chi connectivity index (χ2n) is 8.23. The maximum Gasteiger partial charge on any atom is 0.121 e. The van der Waals surface area contributed by atoms with E-state index in [-0.39, 0.29) is 0 Å². The summed E-state index contributed by atoms with van der Waals surface area (Å²) in [6, 6.07) is 8.15. The van der Waals surface area contributed by atoms with Crippen LogP contribution in [0.4, 0.5) is 5.69 Å². The molecule has 0 bridgehead atoms. The van der Waals surface area contributed by atoms with Gasteiger partial charge in [-0.3, -0.25) is 4.98 Å². The number of anilines is 1. The van der Waals surface area contributed by atoms with E-state index in [0.717, 1.165) is 23.2 Å². The van der Waals surface area contributed by atoms with E-state index in [2.05, 4.69) is 41.2 Å². The van der Waals surface area contributed by atoms with Crippen molar-refractivity contribution >= 4 is 16.6 Å². The Balaban J connectivity index is 1.47. The third-order valence-corrected chi connectivity index (χ3v) is 6.06. The lowest BCUT2D eigenvalue weighted by Gasteiger charge is -2.17. The predicted octanol–water partition coefficient (Wildman–Crippen LogP) is 6.90. The summed E-state index contributed by atoms with van der Waals surface area (Å²) < 4.78 is 5.29. The molecule has 0 fully saturated rings. The van der Waals surface area contributed by atoms with Crippen molar-refractivity contribution in [2.45, 2.75) is 78.1 Å². The highest BCUT2D eigenvalue weighted by Crippen LogP contribution is 2.25. The van der Waals surface area contributed by atoms with E-state index < -0.39 is 0 Å². The van der Waals surface area contributed by atoms with Crippen LogP contribution in [0.15, 0.2) is 30.5 Å². The summed E-state index contributed by atoms with van der Waals surface area (Å²) in [6.07, 6.45) is 15.6. The molecule has 0 aliphatic heterocycles. The number of rotatable bonds is 17. The van der Waals surface area contributed by atoms with Gasteiger partial charge < -0.3 is 15.0 Å². The molecule has 0 saturated heterocycles. The fraction of sp³-hybridized carbons (Fsp3) is 0.654. The molecular weight excluding hydrogens is 370 g/mol. The Bertz CT molecular complexity index is 700. The molecule has 0 atom stereocenters. The normalized spacial score (nSPS) is 11.3. The Morgan fingerprint density at radius 1 is 0.833 bits per heavy atom. The zero-order valence-electron chi connectivity index (χ0n) is 19.6. The third kappa shape index (κ3) is 8.91. The van der Waals surface area contributed by atoms with E-state index in [9.17, 15) is 0 Å². The highest BCUT2D eigenvalue weighted by molar-refractivity contribution is 5.91.